The summed E-state index contributed by atoms with van der Waals surface area (Å²) in [5.41, 5.74) is 1.02. The zero-order valence-corrected chi connectivity index (χ0v) is 17.3. The van der Waals surface area contributed by atoms with Gasteiger partial charge in [0.05, 0.1) is 4.90 Å². The van der Waals surface area contributed by atoms with Crippen molar-refractivity contribution in [2.24, 2.45) is 0 Å². The molecule has 1 aliphatic rings. The van der Waals surface area contributed by atoms with Crippen molar-refractivity contribution < 1.29 is 32.6 Å². The SMILES string of the molecule is O=C(O)C(=O)O.O=S(=O)(c1ccc(Cl)cc1)N1CCN(Cc2ccc(F)cc2)CC1. The van der Waals surface area contributed by atoms with Crippen molar-refractivity contribution in [2.45, 2.75) is 11.4 Å². The van der Waals surface area contributed by atoms with Crippen LogP contribution in [0.4, 0.5) is 4.39 Å². The third-order valence-corrected chi connectivity index (χ3v) is 6.45. The van der Waals surface area contributed by atoms with Crippen LogP contribution in [0, 0.1) is 5.82 Å². The Balaban J connectivity index is 0.000000469. The minimum absolute atomic E-state index is 0.252. The van der Waals surface area contributed by atoms with E-state index in [1.165, 1.54) is 28.6 Å². The summed E-state index contributed by atoms with van der Waals surface area (Å²) in [7, 11) is -3.48. The maximum atomic E-state index is 12.9. The molecule has 0 bridgehead atoms. The largest absolute Gasteiger partial charge is 0.473 e. The number of halogens is 2. The Labute approximate surface area is 178 Å². The van der Waals surface area contributed by atoms with Crippen molar-refractivity contribution in [2.75, 3.05) is 26.2 Å². The summed E-state index contributed by atoms with van der Waals surface area (Å²) < 4.78 is 39.7. The molecule has 0 aliphatic carbocycles. The summed E-state index contributed by atoms with van der Waals surface area (Å²) in [6.07, 6.45) is 0. The van der Waals surface area contributed by atoms with Crippen molar-refractivity contribution in [1.82, 2.24) is 9.21 Å². The molecule has 0 spiro atoms. The second kappa shape index (κ2) is 10.5. The van der Waals surface area contributed by atoms with E-state index in [-0.39, 0.29) is 10.7 Å². The van der Waals surface area contributed by atoms with Gasteiger partial charge in [0.25, 0.3) is 0 Å². The molecule has 2 N–H and O–H groups in total. The summed E-state index contributed by atoms with van der Waals surface area (Å²) in [6.45, 7) is 2.85. The monoisotopic (exact) mass is 458 g/mol. The van der Waals surface area contributed by atoms with Crippen LogP contribution in [-0.2, 0) is 26.2 Å². The zero-order valence-electron chi connectivity index (χ0n) is 15.7. The molecule has 30 heavy (non-hydrogen) atoms. The normalized spacial score (nSPS) is 15.1. The van der Waals surface area contributed by atoms with Crippen LogP contribution in [0.15, 0.2) is 53.4 Å². The Kier molecular flexibility index (Phi) is 8.30. The molecule has 1 saturated heterocycles. The number of carbonyl (C=O) groups is 2. The average molecular weight is 459 g/mol. The highest BCUT2D eigenvalue weighted by Gasteiger charge is 2.28. The lowest BCUT2D eigenvalue weighted by Crippen LogP contribution is -2.48. The second-order valence-corrected chi connectivity index (χ2v) is 8.75. The Morgan fingerprint density at radius 2 is 1.40 bits per heavy atom. The molecule has 3 rings (SSSR count). The van der Waals surface area contributed by atoms with E-state index in [1.54, 1.807) is 24.3 Å². The van der Waals surface area contributed by atoms with E-state index in [0.29, 0.717) is 37.7 Å². The van der Waals surface area contributed by atoms with E-state index >= 15 is 0 Å². The van der Waals surface area contributed by atoms with Gasteiger partial charge in [-0.2, -0.15) is 4.31 Å². The molecule has 2 aromatic carbocycles. The number of nitrogens with zero attached hydrogens (tertiary/aromatic N) is 2. The lowest BCUT2D eigenvalue weighted by molar-refractivity contribution is -0.159. The molecule has 1 aliphatic heterocycles. The minimum atomic E-state index is -3.48. The Morgan fingerprint density at radius 1 is 0.900 bits per heavy atom. The Morgan fingerprint density at radius 3 is 1.87 bits per heavy atom. The Bertz CT molecular complexity index is 963. The van der Waals surface area contributed by atoms with Gasteiger partial charge >= 0.3 is 11.9 Å². The number of aliphatic carboxylic acids is 2. The maximum Gasteiger partial charge on any atom is 0.414 e. The van der Waals surface area contributed by atoms with Crippen LogP contribution < -0.4 is 0 Å². The second-order valence-electron chi connectivity index (χ2n) is 6.37. The number of carboxylic acid groups (broad SMARTS) is 2. The first-order chi connectivity index (χ1) is 14.1. The van der Waals surface area contributed by atoms with Crippen LogP contribution in [0.2, 0.25) is 5.02 Å². The number of hydrogen-bond donors (Lipinski definition) is 2. The molecule has 11 heteroatoms. The molecule has 0 atom stereocenters. The highest BCUT2D eigenvalue weighted by Crippen LogP contribution is 2.20. The molecule has 8 nitrogen and oxygen atoms in total. The fourth-order valence-corrected chi connectivity index (χ4v) is 4.28. The van der Waals surface area contributed by atoms with E-state index in [1.807, 2.05) is 0 Å². The van der Waals surface area contributed by atoms with E-state index in [0.717, 1.165) is 5.56 Å². The molecule has 2 aromatic rings. The average Bonchev–Trinajstić information content (AvgIpc) is 2.71. The van der Waals surface area contributed by atoms with Gasteiger partial charge in [0.1, 0.15) is 5.82 Å². The summed E-state index contributed by atoms with van der Waals surface area (Å²) >= 11 is 5.81. The first-order valence-corrected chi connectivity index (χ1v) is 10.6. The predicted octanol–water partition coefficient (Wildman–Crippen LogP) is 2.14. The van der Waals surface area contributed by atoms with Crippen LogP contribution in [0.5, 0.6) is 0 Å². The minimum Gasteiger partial charge on any atom is -0.473 e. The van der Waals surface area contributed by atoms with Gasteiger partial charge in [0.15, 0.2) is 0 Å². The van der Waals surface area contributed by atoms with Gasteiger partial charge in [-0.3, -0.25) is 4.90 Å². The fraction of sp³-hybridized carbons (Fsp3) is 0.263. The molecule has 1 heterocycles. The molecule has 0 amide bonds. The van der Waals surface area contributed by atoms with Gasteiger partial charge in [-0.1, -0.05) is 23.7 Å². The van der Waals surface area contributed by atoms with Gasteiger partial charge < -0.3 is 10.2 Å². The van der Waals surface area contributed by atoms with E-state index < -0.39 is 22.0 Å². The number of carboxylic acids is 2. The van der Waals surface area contributed by atoms with Gasteiger partial charge in [-0.15, -0.1) is 0 Å². The van der Waals surface area contributed by atoms with Crippen molar-refractivity contribution in [3.05, 3.63) is 64.9 Å². The summed E-state index contributed by atoms with van der Waals surface area (Å²) in [5.74, 6) is -3.90. The first-order valence-electron chi connectivity index (χ1n) is 8.78. The predicted molar refractivity (Wildman–Crippen MR) is 107 cm³/mol. The molecule has 0 saturated carbocycles. The lowest BCUT2D eigenvalue weighted by atomic mass is 10.2. The molecular weight excluding hydrogens is 439 g/mol. The first kappa shape index (κ1) is 23.7. The quantitative estimate of drug-likeness (QED) is 0.674. The number of hydrogen-bond acceptors (Lipinski definition) is 5. The van der Waals surface area contributed by atoms with E-state index in [4.69, 9.17) is 31.4 Å². The zero-order chi connectivity index (χ0) is 22.3. The lowest BCUT2D eigenvalue weighted by Gasteiger charge is -2.34. The summed E-state index contributed by atoms with van der Waals surface area (Å²) in [4.78, 5) is 20.6. The van der Waals surface area contributed by atoms with Crippen molar-refractivity contribution in [1.29, 1.82) is 0 Å². The molecule has 0 radical (unpaired) electrons. The van der Waals surface area contributed by atoms with Gasteiger partial charge in [-0.25, -0.2) is 22.4 Å². The van der Waals surface area contributed by atoms with Crippen molar-refractivity contribution in [3.8, 4) is 0 Å². The van der Waals surface area contributed by atoms with Crippen LogP contribution in [0.1, 0.15) is 5.56 Å². The molecule has 1 fully saturated rings. The third kappa shape index (κ3) is 6.77. The smallest absolute Gasteiger partial charge is 0.414 e. The highest BCUT2D eigenvalue weighted by atomic mass is 35.5. The van der Waals surface area contributed by atoms with Crippen molar-refractivity contribution in [3.63, 3.8) is 0 Å². The summed E-state index contributed by atoms with van der Waals surface area (Å²) in [6, 6.07) is 12.6. The molecular formula is C19H20ClFN2O6S. The number of rotatable bonds is 4. The Hall–Kier alpha value is -2.53. The molecule has 0 aromatic heterocycles. The molecule has 0 unspecified atom stereocenters. The molecule has 162 valence electrons. The number of sulfonamides is 1. The highest BCUT2D eigenvalue weighted by molar-refractivity contribution is 7.89. The maximum absolute atomic E-state index is 12.9. The standard InChI is InChI=1S/C17H18ClFN2O2S.C2H2O4/c18-15-3-7-17(8-4-15)24(22,23)21-11-9-20(10-12-21)13-14-1-5-16(19)6-2-14;3-1(4)2(5)6/h1-8H,9-13H2;(H,3,4)(H,5,6). The topological polar surface area (TPSA) is 115 Å². The van der Waals surface area contributed by atoms with E-state index in [9.17, 15) is 12.8 Å². The van der Waals surface area contributed by atoms with Crippen LogP contribution in [0.25, 0.3) is 0 Å². The summed E-state index contributed by atoms with van der Waals surface area (Å²) in [5, 5.41) is 15.3. The number of benzene rings is 2. The number of piperazine rings is 1. The van der Waals surface area contributed by atoms with E-state index in [2.05, 4.69) is 4.90 Å². The van der Waals surface area contributed by atoms with Crippen molar-refractivity contribution >= 4 is 33.6 Å². The fourth-order valence-electron chi connectivity index (χ4n) is 2.73. The van der Waals surface area contributed by atoms with Crippen LogP contribution >= 0.6 is 11.6 Å². The van der Waals surface area contributed by atoms with Gasteiger partial charge in [0.2, 0.25) is 10.0 Å². The van der Waals surface area contributed by atoms with Gasteiger partial charge in [-0.05, 0) is 42.0 Å². The van der Waals surface area contributed by atoms with Crippen LogP contribution in [-0.4, -0.2) is 66.0 Å². The van der Waals surface area contributed by atoms with Crippen LogP contribution in [0.3, 0.4) is 0 Å². The van der Waals surface area contributed by atoms with Gasteiger partial charge in [0, 0.05) is 37.7 Å². The third-order valence-electron chi connectivity index (χ3n) is 4.29.